The average Bonchev–Trinajstić information content (AvgIpc) is 2.86. The summed E-state index contributed by atoms with van der Waals surface area (Å²) in [7, 11) is 0. The molecule has 0 spiro atoms. The molecule has 1 saturated carbocycles. The Bertz CT molecular complexity index is 298. The van der Waals surface area contributed by atoms with Gasteiger partial charge in [-0.1, -0.05) is 0 Å². The standard InChI is InChI=1S/C11H17N3/c1-8-7-11(14-9(2)13-8)5-6-12-10-3-4-10/h7,10,12H,3-6H2,1-2H3. The quantitative estimate of drug-likeness (QED) is 0.781. The number of hydrogen-bond acceptors (Lipinski definition) is 3. The lowest BCUT2D eigenvalue weighted by atomic mass is 10.2. The van der Waals surface area contributed by atoms with E-state index in [0.717, 1.165) is 36.2 Å². The van der Waals surface area contributed by atoms with Crippen LogP contribution in [0.15, 0.2) is 6.07 Å². The predicted molar refractivity (Wildman–Crippen MR) is 56.2 cm³/mol. The number of hydrogen-bond donors (Lipinski definition) is 1. The maximum Gasteiger partial charge on any atom is 0.125 e. The number of rotatable bonds is 4. The zero-order valence-corrected chi connectivity index (χ0v) is 8.88. The van der Waals surface area contributed by atoms with Crippen molar-refractivity contribution in [1.29, 1.82) is 0 Å². The van der Waals surface area contributed by atoms with Crippen LogP contribution in [-0.2, 0) is 6.42 Å². The molecule has 1 heterocycles. The summed E-state index contributed by atoms with van der Waals surface area (Å²) in [5.41, 5.74) is 2.22. The number of aryl methyl sites for hydroxylation is 2. The van der Waals surface area contributed by atoms with Gasteiger partial charge in [-0.05, 0) is 32.8 Å². The molecule has 1 fully saturated rings. The minimum absolute atomic E-state index is 0.791. The second-order valence-corrected chi connectivity index (χ2v) is 4.03. The van der Waals surface area contributed by atoms with Crippen molar-refractivity contribution < 1.29 is 0 Å². The number of nitrogens with zero attached hydrogens (tertiary/aromatic N) is 2. The monoisotopic (exact) mass is 191 g/mol. The lowest BCUT2D eigenvalue weighted by Crippen LogP contribution is -2.19. The fourth-order valence-electron chi connectivity index (χ4n) is 1.61. The molecule has 3 heteroatoms. The molecule has 0 unspecified atom stereocenters. The maximum absolute atomic E-state index is 4.40. The smallest absolute Gasteiger partial charge is 0.125 e. The summed E-state index contributed by atoms with van der Waals surface area (Å²) in [6, 6.07) is 2.86. The van der Waals surface area contributed by atoms with Gasteiger partial charge in [0.2, 0.25) is 0 Å². The molecule has 0 bridgehead atoms. The molecule has 1 aliphatic carbocycles. The first-order valence-electron chi connectivity index (χ1n) is 5.28. The molecule has 14 heavy (non-hydrogen) atoms. The lowest BCUT2D eigenvalue weighted by Gasteiger charge is -2.04. The topological polar surface area (TPSA) is 37.8 Å². The van der Waals surface area contributed by atoms with Crippen molar-refractivity contribution >= 4 is 0 Å². The molecule has 3 nitrogen and oxygen atoms in total. The highest BCUT2D eigenvalue weighted by molar-refractivity contribution is 5.09. The molecule has 0 aromatic carbocycles. The second kappa shape index (κ2) is 4.05. The van der Waals surface area contributed by atoms with E-state index in [-0.39, 0.29) is 0 Å². The van der Waals surface area contributed by atoms with Crippen molar-refractivity contribution in [2.45, 2.75) is 39.2 Å². The first-order chi connectivity index (χ1) is 6.74. The van der Waals surface area contributed by atoms with Gasteiger partial charge in [0, 0.05) is 30.4 Å². The molecular formula is C11H17N3. The lowest BCUT2D eigenvalue weighted by molar-refractivity contribution is 0.672. The van der Waals surface area contributed by atoms with E-state index in [4.69, 9.17) is 0 Å². The van der Waals surface area contributed by atoms with Gasteiger partial charge < -0.3 is 5.32 Å². The van der Waals surface area contributed by atoms with Crippen LogP contribution >= 0.6 is 0 Å². The van der Waals surface area contributed by atoms with Gasteiger partial charge in [-0.15, -0.1) is 0 Å². The Balaban J connectivity index is 1.87. The molecule has 0 saturated heterocycles. The molecule has 0 aliphatic heterocycles. The SMILES string of the molecule is Cc1cc(CCNC2CC2)nc(C)n1. The van der Waals surface area contributed by atoms with E-state index < -0.39 is 0 Å². The molecule has 0 amide bonds. The summed E-state index contributed by atoms with van der Waals surface area (Å²) in [5.74, 6) is 0.881. The first kappa shape index (κ1) is 9.59. The number of nitrogens with one attached hydrogen (secondary N) is 1. The van der Waals surface area contributed by atoms with E-state index in [0.29, 0.717) is 0 Å². The zero-order valence-electron chi connectivity index (χ0n) is 8.88. The molecule has 1 aromatic heterocycles. The minimum atomic E-state index is 0.791. The third kappa shape index (κ3) is 2.77. The Hall–Kier alpha value is -0.960. The van der Waals surface area contributed by atoms with E-state index >= 15 is 0 Å². The van der Waals surface area contributed by atoms with Crippen molar-refractivity contribution in [1.82, 2.24) is 15.3 Å². The Morgan fingerprint density at radius 3 is 2.79 bits per heavy atom. The van der Waals surface area contributed by atoms with Crippen LogP contribution in [0.3, 0.4) is 0 Å². The van der Waals surface area contributed by atoms with Gasteiger partial charge in [-0.25, -0.2) is 9.97 Å². The van der Waals surface area contributed by atoms with Gasteiger partial charge in [0.15, 0.2) is 0 Å². The molecule has 2 rings (SSSR count). The van der Waals surface area contributed by atoms with Gasteiger partial charge in [0.25, 0.3) is 0 Å². The highest BCUT2D eigenvalue weighted by Crippen LogP contribution is 2.18. The fraction of sp³-hybridized carbons (Fsp3) is 0.636. The van der Waals surface area contributed by atoms with Crippen LogP contribution in [0, 0.1) is 13.8 Å². The van der Waals surface area contributed by atoms with Crippen LogP contribution in [0.25, 0.3) is 0 Å². The minimum Gasteiger partial charge on any atom is -0.314 e. The fourth-order valence-corrected chi connectivity index (χ4v) is 1.61. The van der Waals surface area contributed by atoms with Crippen molar-refractivity contribution in [3.8, 4) is 0 Å². The third-order valence-corrected chi connectivity index (χ3v) is 2.41. The molecular weight excluding hydrogens is 174 g/mol. The molecule has 1 N–H and O–H groups in total. The summed E-state index contributed by atoms with van der Waals surface area (Å²) < 4.78 is 0. The maximum atomic E-state index is 4.40. The van der Waals surface area contributed by atoms with Crippen LogP contribution in [0.2, 0.25) is 0 Å². The predicted octanol–water partition coefficient (Wildman–Crippen LogP) is 1.39. The zero-order chi connectivity index (χ0) is 9.97. The Kier molecular flexibility index (Phi) is 2.77. The van der Waals surface area contributed by atoms with Crippen LogP contribution < -0.4 is 5.32 Å². The summed E-state index contributed by atoms with van der Waals surface area (Å²) in [4.78, 5) is 8.66. The molecule has 76 valence electrons. The van der Waals surface area contributed by atoms with Crippen LogP contribution in [0.5, 0.6) is 0 Å². The summed E-state index contributed by atoms with van der Waals surface area (Å²) in [6.45, 7) is 5.01. The van der Waals surface area contributed by atoms with Crippen LogP contribution in [0.4, 0.5) is 0 Å². The van der Waals surface area contributed by atoms with E-state index in [1.165, 1.54) is 12.8 Å². The Labute approximate surface area is 85.0 Å². The summed E-state index contributed by atoms with van der Waals surface area (Å²) in [5, 5.41) is 3.48. The van der Waals surface area contributed by atoms with E-state index in [9.17, 15) is 0 Å². The van der Waals surface area contributed by atoms with Gasteiger partial charge in [0.05, 0.1) is 0 Å². The third-order valence-electron chi connectivity index (χ3n) is 2.41. The Morgan fingerprint density at radius 2 is 2.14 bits per heavy atom. The average molecular weight is 191 g/mol. The van der Waals surface area contributed by atoms with Gasteiger partial charge in [-0.3, -0.25) is 0 Å². The molecule has 0 atom stereocenters. The van der Waals surface area contributed by atoms with Crippen molar-refractivity contribution in [2.75, 3.05) is 6.54 Å². The second-order valence-electron chi connectivity index (χ2n) is 4.03. The number of aromatic nitrogens is 2. The van der Waals surface area contributed by atoms with Crippen LogP contribution in [0.1, 0.15) is 30.1 Å². The van der Waals surface area contributed by atoms with Gasteiger partial charge >= 0.3 is 0 Å². The van der Waals surface area contributed by atoms with E-state index in [1.807, 2.05) is 13.8 Å². The van der Waals surface area contributed by atoms with E-state index in [1.54, 1.807) is 0 Å². The molecule has 0 radical (unpaired) electrons. The first-order valence-corrected chi connectivity index (χ1v) is 5.28. The van der Waals surface area contributed by atoms with Crippen molar-refractivity contribution in [3.05, 3.63) is 23.3 Å². The summed E-state index contributed by atoms with van der Waals surface area (Å²) in [6.07, 6.45) is 3.71. The summed E-state index contributed by atoms with van der Waals surface area (Å²) >= 11 is 0. The van der Waals surface area contributed by atoms with Crippen molar-refractivity contribution in [2.24, 2.45) is 0 Å². The van der Waals surface area contributed by atoms with Crippen LogP contribution in [-0.4, -0.2) is 22.6 Å². The largest absolute Gasteiger partial charge is 0.314 e. The normalized spacial score (nSPS) is 15.9. The highest BCUT2D eigenvalue weighted by Gasteiger charge is 2.19. The van der Waals surface area contributed by atoms with Gasteiger partial charge in [0.1, 0.15) is 5.82 Å². The van der Waals surface area contributed by atoms with Crippen molar-refractivity contribution in [3.63, 3.8) is 0 Å². The molecule has 1 aliphatic rings. The Morgan fingerprint density at radius 1 is 1.36 bits per heavy atom. The van der Waals surface area contributed by atoms with E-state index in [2.05, 4.69) is 21.4 Å². The van der Waals surface area contributed by atoms with Gasteiger partial charge in [-0.2, -0.15) is 0 Å². The molecule has 1 aromatic rings. The highest BCUT2D eigenvalue weighted by atomic mass is 14.9.